The maximum Gasteiger partial charge on any atom is 0.493 e. The minimum absolute atomic E-state index is 0.299. The molecule has 0 amide bonds. The fourth-order valence-corrected chi connectivity index (χ4v) is 2.63. The Morgan fingerprint density at radius 3 is 0.964 bits per heavy atom. The van der Waals surface area contributed by atoms with Crippen LogP contribution in [0.5, 0.6) is 0 Å². The standard InChI is InChI=1S/C22H40B2O4/c1-5-9-17-25-23(26-18-10-6-2)21-13-15-22(16-14-21)24(27-19-11-7-3)28-20-12-8-4/h13-16H,5-12,17-20H2,1-4H3. The Morgan fingerprint density at radius 2 is 0.750 bits per heavy atom. The molecular weight excluding hydrogens is 350 g/mol. The van der Waals surface area contributed by atoms with Crippen LogP contribution in [-0.4, -0.2) is 40.7 Å². The second-order valence-electron chi connectivity index (χ2n) is 7.23. The number of rotatable bonds is 18. The molecule has 1 rings (SSSR count). The van der Waals surface area contributed by atoms with Crippen LogP contribution in [0.25, 0.3) is 0 Å². The van der Waals surface area contributed by atoms with Crippen molar-refractivity contribution in [3.63, 3.8) is 0 Å². The summed E-state index contributed by atoms with van der Waals surface area (Å²) in [6.07, 6.45) is 8.65. The first kappa shape index (κ1) is 25.2. The van der Waals surface area contributed by atoms with E-state index in [4.69, 9.17) is 18.6 Å². The second kappa shape index (κ2) is 17.1. The Bertz CT molecular complexity index is 407. The Morgan fingerprint density at radius 1 is 0.500 bits per heavy atom. The fourth-order valence-electron chi connectivity index (χ4n) is 2.63. The number of hydrogen-bond acceptors (Lipinski definition) is 4. The highest BCUT2D eigenvalue weighted by atomic mass is 16.6. The lowest BCUT2D eigenvalue weighted by Crippen LogP contribution is -2.41. The van der Waals surface area contributed by atoms with E-state index in [0.717, 1.165) is 88.7 Å². The van der Waals surface area contributed by atoms with Crippen molar-refractivity contribution in [2.24, 2.45) is 0 Å². The van der Waals surface area contributed by atoms with Gasteiger partial charge < -0.3 is 18.6 Å². The SMILES string of the molecule is CCCCOB(OCCCC)c1ccc(B(OCCCC)OCCCC)cc1. The molecule has 0 aliphatic heterocycles. The van der Waals surface area contributed by atoms with E-state index in [1.807, 2.05) is 0 Å². The van der Waals surface area contributed by atoms with E-state index < -0.39 is 0 Å². The topological polar surface area (TPSA) is 36.9 Å². The van der Waals surface area contributed by atoms with E-state index >= 15 is 0 Å². The van der Waals surface area contributed by atoms with Crippen molar-refractivity contribution >= 4 is 25.2 Å². The molecule has 0 saturated carbocycles. The Kier molecular flexibility index (Phi) is 15.4. The first-order valence-electron chi connectivity index (χ1n) is 11.3. The quantitative estimate of drug-likeness (QED) is 0.276. The van der Waals surface area contributed by atoms with Gasteiger partial charge in [-0.1, -0.05) is 77.6 Å². The molecular formula is C22H40B2O4. The Balaban J connectivity index is 2.75. The lowest BCUT2D eigenvalue weighted by molar-refractivity contribution is 0.201. The molecule has 0 aliphatic rings. The van der Waals surface area contributed by atoms with Gasteiger partial charge in [-0.25, -0.2) is 0 Å². The summed E-state index contributed by atoms with van der Waals surface area (Å²) in [6.45, 7) is 11.6. The smallest absolute Gasteiger partial charge is 0.407 e. The van der Waals surface area contributed by atoms with Gasteiger partial charge in [0.25, 0.3) is 0 Å². The van der Waals surface area contributed by atoms with Gasteiger partial charge in [-0.05, 0) is 36.6 Å². The molecule has 0 radical (unpaired) electrons. The van der Waals surface area contributed by atoms with Gasteiger partial charge in [-0.2, -0.15) is 0 Å². The van der Waals surface area contributed by atoms with Crippen molar-refractivity contribution in [3.05, 3.63) is 24.3 Å². The zero-order valence-corrected chi connectivity index (χ0v) is 18.6. The molecule has 0 N–H and O–H groups in total. The number of unbranched alkanes of at least 4 members (excludes halogenated alkanes) is 4. The van der Waals surface area contributed by atoms with Crippen LogP contribution in [0, 0.1) is 0 Å². The van der Waals surface area contributed by atoms with E-state index in [-0.39, 0.29) is 14.2 Å². The lowest BCUT2D eigenvalue weighted by Gasteiger charge is -2.17. The van der Waals surface area contributed by atoms with E-state index in [9.17, 15) is 0 Å². The van der Waals surface area contributed by atoms with Crippen LogP contribution in [0.3, 0.4) is 0 Å². The third-order valence-corrected chi connectivity index (χ3v) is 4.55. The lowest BCUT2D eigenvalue weighted by atomic mass is 9.73. The molecule has 0 unspecified atom stereocenters. The van der Waals surface area contributed by atoms with Crippen molar-refractivity contribution in [3.8, 4) is 0 Å². The molecule has 0 bridgehead atoms. The van der Waals surface area contributed by atoms with E-state index in [0.29, 0.717) is 0 Å². The highest BCUT2D eigenvalue weighted by Gasteiger charge is 2.24. The summed E-state index contributed by atoms with van der Waals surface area (Å²) in [5.41, 5.74) is 2.11. The predicted octanol–water partition coefficient (Wildman–Crippen LogP) is 4.34. The Labute approximate surface area is 174 Å². The summed E-state index contributed by atoms with van der Waals surface area (Å²) in [5.74, 6) is 0. The van der Waals surface area contributed by atoms with E-state index in [2.05, 4.69) is 52.0 Å². The molecule has 0 aliphatic carbocycles. The van der Waals surface area contributed by atoms with Crippen molar-refractivity contribution in [2.45, 2.75) is 79.1 Å². The summed E-state index contributed by atoms with van der Waals surface area (Å²) in [7, 11) is -0.597. The predicted molar refractivity (Wildman–Crippen MR) is 121 cm³/mol. The van der Waals surface area contributed by atoms with E-state index in [1.165, 1.54) is 0 Å². The average Bonchev–Trinajstić information content (AvgIpc) is 2.72. The van der Waals surface area contributed by atoms with Gasteiger partial charge in [-0.3, -0.25) is 0 Å². The average molecular weight is 390 g/mol. The normalized spacial score (nSPS) is 11.0. The van der Waals surface area contributed by atoms with Gasteiger partial charge >= 0.3 is 14.2 Å². The molecule has 6 heteroatoms. The molecule has 1 aromatic rings. The molecule has 1 aromatic carbocycles. The van der Waals surface area contributed by atoms with Crippen LogP contribution in [-0.2, 0) is 18.6 Å². The van der Waals surface area contributed by atoms with Crippen LogP contribution < -0.4 is 10.9 Å². The molecule has 28 heavy (non-hydrogen) atoms. The maximum absolute atomic E-state index is 5.99. The van der Waals surface area contributed by atoms with Gasteiger partial charge in [-0.15, -0.1) is 0 Å². The summed E-state index contributed by atoms with van der Waals surface area (Å²) in [5, 5.41) is 0. The van der Waals surface area contributed by atoms with Crippen LogP contribution in [0.4, 0.5) is 0 Å². The van der Waals surface area contributed by atoms with Crippen LogP contribution in [0.2, 0.25) is 0 Å². The minimum atomic E-state index is -0.299. The molecule has 0 heterocycles. The highest BCUT2D eigenvalue weighted by molar-refractivity contribution is 6.63. The van der Waals surface area contributed by atoms with Crippen LogP contribution in [0.1, 0.15) is 79.1 Å². The summed E-state index contributed by atoms with van der Waals surface area (Å²) < 4.78 is 24.0. The first-order chi connectivity index (χ1) is 13.8. The monoisotopic (exact) mass is 390 g/mol. The zero-order valence-electron chi connectivity index (χ0n) is 18.6. The van der Waals surface area contributed by atoms with Gasteiger partial charge in [0, 0.05) is 26.4 Å². The van der Waals surface area contributed by atoms with E-state index in [1.54, 1.807) is 0 Å². The number of hydrogen-bond donors (Lipinski definition) is 0. The summed E-state index contributed by atoms with van der Waals surface area (Å²) >= 11 is 0. The Hall–Kier alpha value is -0.810. The molecule has 158 valence electrons. The fraction of sp³-hybridized carbons (Fsp3) is 0.727. The van der Waals surface area contributed by atoms with Crippen molar-refractivity contribution in [1.82, 2.24) is 0 Å². The molecule has 0 aromatic heterocycles. The van der Waals surface area contributed by atoms with Crippen molar-refractivity contribution in [1.29, 1.82) is 0 Å². The van der Waals surface area contributed by atoms with Crippen LogP contribution in [0.15, 0.2) is 24.3 Å². The highest BCUT2D eigenvalue weighted by Crippen LogP contribution is 2.02. The largest absolute Gasteiger partial charge is 0.493 e. The molecule has 4 nitrogen and oxygen atoms in total. The van der Waals surface area contributed by atoms with Crippen molar-refractivity contribution in [2.75, 3.05) is 26.4 Å². The number of benzene rings is 1. The van der Waals surface area contributed by atoms with Gasteiger partial charge in [0.15, 0.2) is 0 Å². The molecule has 0 saturated heterocycles. The van der Waals surface area contributed by atoms with Gasteiger partial charge in [0.05, 0.1) is 0 Å². The maximum atomic E-state index is 5.99. The zero-order chi connectivity index (χ0) is 20.5. The molecule has 0 fully saturated rings. The van der Waals surface area contributed by atoms with Crippen LogP contribution >= 0.6 is 0 Å². The van der Waals surface area contributed by atoms with Crippen molar-refractivity contribution < 1.29 is 18.6 Å². The minimum Gasteiger partial charge on any atom is -0.407 e. The molecule has 0 atom stereocenters. The first-order valence-corrected chi connectivity index (χ1v) is 11.3. The summed E-state index contributed by atoms with van der Waals surface area (Å²) in [4.78, 5) is 0. The molecule has 0 spiro atoms. The second-order valence-corrected chi connectivity index (χ2v) is 7.23. The third kappa shape index (κ3) is 10.7. The third-order valence-electron chi connectivity index (χ3n) is 4.55. The van der Waals surface area contributed by atoms with Gasteiger partial charge in [0.2, 0.25) is 0 Å². The summed E-state index contributed by atoms with van der Waals surface area (Å²) in [6, 6.07) is 8.32. The van der Waals surface area contributed by atoms with Gasteiger partial charge in [0.1, 0.15) is 0 Å².